The molecule has 138 valence electrons. The van der Waals surface area contributed by atoms with E-state index in [4.69, 9.17) is 0 Å². The quantitative estimate of drug-likeness (QED) is 0.845. The lowest BCUT2D eigenvalue weighted by molar-refractivity contribution is -0.174. The molecule has 5 nitrogen and oxygen atoms in total. The van der Waals surface area contributed by atoms with Crippen LogP contribution in [0.1, 0.15) is 39.5 Å². The third-order valence-corrected chi connectivity index (χ3v) is 5.03. The SMILES string of the molecule is CC(C)N1CCN(C(=O)C2CCC(NC(=O)C(F)(F)F)CC2)CC1. The van der Waals surface area contributed by atoms with E-state index in [9.17, 15) is 22.8 Å². The monoisotopic (exact) mass is 349 g/mol. The van der Waals surface area contributed by atoms with Gasteiger partial charge < -0.3 is 10.2 Å². The summed E-state index contributed by atoms with van der Waals surface area (Å²) in [5, 5.41) is 2.02. The van der Waals surface area contributed by atoms with Crippen molar-refractivity contribution in [1.82, 2.24) is 15.1 Å². The van der Waals surface area contributed by atoms with E-state index in [0.717, 1.165) is 13.1 Å². The number of alkyl halides is 3. The Kier molecular flexibility index (Phi) is 6.11. The second kappa shape index (κ2) is 7.72. The number of piperazine rings is 1. The Morgan fingerprint density at radius 1 is 1.00 bits per heavy atom. The van der Waals surface area contributed by atoms with Gasteiger partial charge in [-0.2, -0.15) is 13.2 Å². The summed E-state index contributed by atoms with van der Waals surface area (Å²) < 4.78 is 36.8. The minimum Gasteiger partial charge on any atom is -0.346 e. The highest BCUT2D eigenvalue weighted by Gasteiger charge is 2.40. The second-order valence-electron chi connectivity index (χ2n) is 6.97. The highest BCUT2D eigenvalue weighted by molar-refractivity contribution is 5.82. The third kappa shape index (κ3) is 4.84. The number of rotatable bonds is 3. The molecule has 1 N–H and O–H groups in total. The molecule has 1 heterocycles. The summed E-state index contributed by atoms with van der Waals surface area (Å²) in [7, 11) is 0. The first-order chi connectivity index (χ1) is 11.2. The van der Waals surface area contributed by atoms with Gasteiger partial charge in [0.15, 0.2) is 0 Å². The molecule has 2 amide bonds. The zero-order chi connectivity index (χ0) is 17.9. The topological polar surface area (TPSA) is 52.6 Å². The lowest BCUT2D eigenvalue weighted by Crippen LogP contribution is -2.52. The summed E-state index contributed by atoms with van der Waals surface area (Å²) in [4.78, 5) is 27.7. The van der Waals surface area contributed by atoms with Crippen molar-refractivity contribution in [3.05, 3.63) is 0 Å². The fourth-order valence-electron chi connectivity index (χ4n) is 3.47. The largest absolute Gasteiger partial charge is 0.471 e. The first-order valence-electron chi connectivity index (χ1n) is 8.59. The Hall–Kier alpha value is -1.31. The summed E-state index contributed by atoms with van der Waals surface area (Å²) in [6, 6.07) is -0.0177. The van der Waals surface area contributed by atoms with Crippen LogP contribution >= 0.6 is 0 Å². The molecule has 1 saturated heterocycles. The van der Waals surface area contributed by atoms with Crippen LogP contribution in [0.25, 0.3) is 0 Å². The van der Waals surface area contributed by atoms with E-state index in [-0.39, 0.29) is 11.8 Å². The predicted octanol–water partition coefficient (Wildman–Crippen LogP) is 1.78. The Morgan fingerprint density at radius 2 is 1.54 bits per heavy atom. The molecule has 0 spiro atoms. The Bertz CT molecular complexity index is 452. The van der Waals surface area contributed by atoms with Gasteiger partial charge in [0, 0.05) is 44.2 Å². The van der Waals surface area contributed by atoms with E-state index in [1.54, 1.807) is 0 Å². The molecule has 24 heavy (non-hydrogen) atoms. The van der Waals surface area contributed by atoms with E-state index >= 15 is 0 Å². The fraction of sp³-hybridized carbons (Fsp3) is 0.875. The summed E-state index contributed by atoms with van der Waals surface area (Å²) in [5.41, 5.74) is 0. The zero-order valence-electron chi connectivity index (χ0n) is 14.2. The maximum atomic E-state index is 12.6. The third-order valence-electron chi connectivity index (χ3n) is 5.03. The molecule has 0 unspecified atom stereocenters. The van der Waals surface area contributed by atoms with Crippen molar-refractivity contribution in [1.29, 1.82) is 0 Å². The number of nitrogens with zero attached hydrogens (tertiary/aromatic N) is 2. The highest BCUT2D eigenvalue weighted by atomic mass is 19.4. The lowest BCUT2D eigenvalue weighted by atomic mass is 9.85. The van der Waals surface area contributed by atoms with E-state index in [1.165, 1.54) is 0 Å². The molecule has 2 aliphatic rings. The average molecular weight is 349 g/mol. The normalized spacial score (nSPS) is 26.5. The Balaban J connectivity index is 1.76. The lowest BCUT2D eigenvalue weighted by Gasteiger charge is -2.39. The van der Waals surface area contributed by atoms with E-state index in [1.807, 2.05) is 10.2 Å². The van der Waals surface area contributed by atoms with E-state index < -0.39 is 18.1 Å². The van der Waals surface area contributed by atoms with Crippen LogP contribution in [-0.2, 0) is 9.59 Å². The van der Waals surface area contributed by atoms with Crippen molar-refractivity contribution in [3.63, 3.8) is 0 Å². The first-order valence-corrected chi connectivity index (χ1v) is 8.59. The van der Waals surface area contributed by atoms with Gasteiger partial charge in [-0.3, -0.25) is 14.5 Å². The number of carbonyl (C=O) groups is 2. The van der Waals surface area contributed by atoms with Gasteiger partial charge >= 0.3 is 12.1 Å². The fourth-order valence-corrected chi connectivity index (χ4v) is 3.47. The number of amides is 2. The van der Waals surface area contributed by atoms with Gasteiger partial charge in [-0.15, -0.1) is 0 Å². The van der Waals surface area contributed by atoms with E-state index in [2.05, 4.69) is 18.7 Å². The van der Waals surface area contributed by atoms with Crippen LogP contribution in [0.15, 0.2) is 0 Å². The first kappa shape index (κ1) is 19.0. The molecule has 0 radical (unpaired) electrons. The van der Waals surface area contributed by atoms with Crippen LogP contribution < -0.4 is 5.32 Å². The smallest absolute Gasteiger partial charge is 0.346 e. The maximum absolute atomic E-state index is 12.6. The van der Waals surface area contributed by atoms with Gasteiger partial charge in [0.25, 0.3) is 0 Å². The summed E-state index contributed by atoms with van der Waals surface area (Å²) in [5.74, 6) is -1.91. The minimum absolute atomic E-state index is 0.110. The number of carbonyl (C=O) groups excluding carboxylic acids is 2. The Labute approximate surface area is 140 Å². The molecule has 0 atom stereocenters. The molecule has 1 saturated carbocycles. The summed E-state index contributed by atoms with van der Waals surface area (Å²) >= 11 is 0. The van der Waals surface area contributed by atoms with Gasteiger partial charge in [0.1, 0.15) is 0 Å². The number of hydrogen-bond acceptors (Lipinski definition) is 3. The van der Waals surface area contributed by atoms with Gasteiger partial charge in [-0.05, 0) is 39.5 Å². The van der Waals surface area contributed by atoms with Crippen molar-refractivity contribution < 1.29 is 22.8 Å². The van der Waals surface area contributed by atoms with Crippen molar-refractivity contribution >= 4 is 11.8 Å². The van der Waals surface area contributed by atoms with Gasteiger partial charge in [0.05, 0.1) is 0 Å². The van der Waals surface area contributed by atoms with Gasteiger partial charge in [0.2, 0.25) is 5.91 Å². The standard InChI is InChI=1S/C16H26F3N3O2/c1-11(2)21-7-9-22(10-8-21)14(23)12-3-5-13(6-4-12)20-15(24)16(17,18)19/h11-13H,3-10H2,1-2H3,(H,20,24). The van der Waals surface area contributed by atoms with Gasteiger partial charge in [-0.25, -0.2) is 0 Å². The average Bonchev–Trinajstić information content (AvgIpc) is 2.54. The number of nitrogens with one attached hydrogen (secondary N) is 1. The molecule has 0 aromatic carbocycles. The molecule has 0 aromatic rings. The highest BCUT2D eigenvalue weighted by Crippen LogP contribution is 2.27. The molecule has 0 aromatic heterocycles. The van der Waals surface area contributed by atoms with Crippen LogP contribution in [-0.4, -0.2) is 66.1 Å². The van der Waals surface area contributed by atoms with Gasteiger partial charge in [-0.1, -0.05) is 0 Å². The zero-order valence-corrected chi connectivity index (χ0v) is 14.2. The van der Waals surface area contributed by atoms with Crippen molar-refractivity contribution in [2.24, 2.45) is 5.92 Å². The van der Waals surface area contributed by atoms with Crippen LogP contribution in [0, 0.1) is 5.92 Å². The van der Waals surface area contributed by atoms with Crippen molar-refractivity contribution in [3.8, 4) is 0 Å². The predicted molar refractivity (Wildman–Crippen MR) is 83.2 cm³/mol. The number of hydrogen-bond donors (Lipinski definition) is 1. The molecular weight excluding hydrogens is 323 g/mol. The summed E-state index contributed by atoms with van der Waals surface area (Å²) in [6.45, 7) is 7.41. The molecule has 2 fully saturated rings. The molecule has 1 aliphatic carbocycles. The van der Waals surface area contributed by atoms with E-state index in [0.29, 0.717) is 44.8 Å². The second-order valence-corrected chi connectivity index (χ2v) is 6.97. The van der Waals surface area contributed by atoms with Crippen molar-refractivity contribution in [2.45, 2.75) is 57.8 Å². The Morgan fingerprint density at radius 3 is 2.00 bits per heavy atom. The van der Waals surface area contributed by atoms with Crippen molar-refractivity contribution in [2.75, 3.05) is 26.2 Å². The maximum Gasteiger partial charge on any atom is 0.471 e. The van der Waals surface area contributed by atoms with Crippen LogP contribution in [0.3, 0.4) is 0 Å². The number of halogens is 3. The molecule has 0 bridgehead atoms. The molecule has 1 aliphatic heterocycles. The minimum atomic E-state index is -4.84. The van der Waals surface area contributed by atoms with Crippen LogP contribution in [0.5, 0.6) is 0 Å². The van der Waals surface area contributed by atoms with Crippen LogP contribution in [0.4, 0.5) is 13.2 Å². The molecule has 2 rings (SSSR count). The summed E-state index contributed by atoms with van der Waals surface area (Å²) in [6.07, 6.45) is -2.94. The molecule has 8 heteroatoms. The van der Waals surface area contributed by atoms with Crippen LogP contribution in [0.2, 0.25) is 0 Å². The molecular formula is C16H26F3N3O2.